The van der Waals surface area contributed by atoms with E-state index in [4.69, 9.17) is 5.11 Å². The van der Waals surface area contributed by atoms with E-state index in [-0.39, 0.29) is 36.7 Å². The highest BCUT2D eigenvalue weighted by Gasteiger charge is 2.31. The summed E-state index contributed by atoms with van der Waals surface area (Å²) in [4.78, 5) is 21.5. The zero-order valence-corrected chi connectivity index (χ0v) is 8.42. The molecule has 0 spiro atoms. The Bertz CT molecular complexity index is 343. The molecule has 0 aromatic carbocycles. The van der Waals surface area contributed by atoms with Crippen molar-refractivity contribution in [3.05, 3.63) is 0 Å². The number of carbonyl (C=O) groups is 2. The van der Waals surface area contributed by atoms with Crippen LogP contribution in [0.1, 0.15) is 19.3 Å². The van der Waals surface area contributed by atoms with Gasteiger partial charge in [-0.1, -0.05) is 0 Å². The number of hydrogen-bond donors (Lipinski definition) is 1. The SMILES string of the molecule is O=C(O)CCC1CCS(=O)(=O)CC1=O. The fraction of sp³-hybridized carbons (Fsp3) is 0.750. The van der Waals surface area contributed by atoms with Gasteiger partial charge in [-0.2, -0.15) is 0 Å². The van der Waals surface area contributed by atoms with Crippen molar-refractivity contribution in [2.24, 2.45) is 5.92 Å². The number of hydrogen-bond acceptors (Lipinski definition) is 4. The van der Waals surface area contributed by atoms with Gasteiger partial charge in [0, 0.05) is 12.3 Å². The summed E-state index contributed by atoms with van der Waals surface area (Å²) >= 11 is 0. The summed E-state index contributed by atoms with van der Waals surface area (Å²) in [5, 5.41) is 8.40. The fourth-order valence-corrected chi connectivity index (χ4v) is 2.95. The molecule has 0 aromatic heterocycles. The lowest BCUT2D eigenvalue weighted by molar-refractivity contribution is -0.137. The van der Waals surface area contributed by atoms with Crippen molar-refractivity contribution in [1.29, 1.82) is 0 Å². The maximum Gasteiger partial charge on any atom is 0.303 e. The Kier molecular flexibility index (Phi) is 3.25. The molecule has 0 aliphatic carbocycles. The quantitative estimate of drug-likeness (QED) is 0.714. The van der Waals surface area contributed by atoms with Gasteiger partial charge in [0.25, 0.3) is 0 Å². The molecule has 0 aromatic rings. The van der Waals surface area contributed by atoms with Gasteiger partial charge < -0.3 is 5.11 Å². The minimum absolute atomic E-state index is 0.00300. The number of Topliss-reactive ketones (excluding diaryl/α,β-unsaturated/α-hetero) is 1. The number of sulfone groups is 1. The van der Waals surface area contributed by atoms with Gasteiger partial charge in [-0.15, -0.1) is 0 Å². The summed E-state index contributed by atoms with van der Waals surface area (Å²) in [7, 11) is -3.20. The normalized spacial score (nSPS) is 26.0. The molecule has 1 unspecified atom stereocenters. The number of aliphatic carboxylic acids is 1. The number of rotatable bonds is 3. The Morgan fingerprint density at radius 3 is 2.64 bits per heavy atom. The summed E-state index contributed by atoms with van der Waals surface area (Å²) in [5.74, 6) is -2.08. The predicted octanol–water partition coefficient (Wildman–Crippen LogP) is -0.145. The lowest BCUT2D eigenvalue weighted by Gasteiger charge is -2.19. The molecule has 1 aliphatic heterocycles. The number of carbonyl (C=O) groups excluding carboxylic acids is 1. The van der Waals surface area contributed by atoms with Crippen LogP contribution in [0.5, 0.6) is 0 Å². The maximum absolute atomic E-state index is 11.3. The van der Waals surface area contributed by atoms with Crippen molar-refractivity contribution in [2.45, 2.75) is 19.3 Å². The monoisotopic (exact) mass is 220 g/mol. The van der Waals surface area contributed by atoms with Crippen molar-refractivity contribution in [3.8, 4) is 0 Å². The van der Waals surface area contributed by atoms with Gasteiger partial charge in [0.1, 0.15) is 5.75 Å². The summed E-state index contributed by atoms with van der Waals surface area (Å²) in [5.41, 5.74) is 0. The molecule has 1 heterocycles. The van der Waals surface area contributed by atoms with E-state index in [0.29, 0.717) is 0 Å². The summed E-state index contributed by atoms with van der Waals surface area (Å²) in [6, 6.07) is 0. The molecule has 1 saturated heterocycles. The Morgan fingerprint density at radius 2 is 2.14 bits per heavy atom. The molecule has 1 aliphatic rings. The van der Waals surface area contributed by atoms with Crippen molar-refractivity contribution in [2.75, 3.05) is 11.5 Å². The van der Waals surface area contributed by atoms with Crippen LogP contribution in [0.3, 0.4) is 0 Å². The average Bonchev–Trinajstić information content (AvgIpc) is 2.00. The van der Waals surface area contributed by atoms with Crippen molar-refractivity contribution in [3.63, 3.8) is 0 Å². The van der Waals surface area contributed by atoms with E-state index in [0.717, 1.165) is 0 Å². The van der Waals surface area contributed by atoms with Gasteiger partial charge in [-0.05, 0) is 12.8 Å². The molecule has 0 amide bonds. The van der Waals surface area contributed by atoms with Crippen molar-refractivity contribution in [1.82, 2.24) is 0 Å². The Morgan fingerprint density at radius 1 is 1.50 bits per heavy atom. The molecule has 1 rings (SSSR count). The first-order chi connectivity index (χ1) is 6.41. The summed E-state index contributed by atoms with van der Waals surface area (Å²) in [6.07, 6.45) is 0.453. The number of carboxylic acids is 1. The Hall–Kier alpha value is -0.910. The molecule has 6 heteroatoms. The molecular formula is C8H12O5S. The van der Waals surface area contributed by atoms with Gasteiger partial charge in [0.15, 0.2) is 15.6 Å². The molecule has 1 fully saturated rings. The first-order valence-electron chi connectivity index (χ1n) is 4.35. The number of carboxylic acid groups (broad SMARTS) is 1. The van der Waals surface area contributed by atoms with E-state index >= 15 is 0 Å². The third-order valence-corrected chi connectivity index (χ3v) is 3.88. The molecule has 1 N–H and O–H groups in total. The minimum Gasteiger partial charge on any atom is -0.481 e. The van der Waals surface area contributed by atoms with E-state index in [1.54, 1.807) is 0 Å². The van der Waals surface area contributed by atoms with E-state index in [1.807, 2.05) is 0 Å². The second-order valence-electron chi connectivity index (χ2n) is 3.48. The largest absolute Gasteiger partial charge is 0.481 e. The van der Waals surface area contributed by atoms with Gasteiger partial charge >= 0.3 is 5.97 Å². The first-order valence-corrected chi connectivity index (χ1v) is 6.18. The van der Waals surface area contributed by atoms with Crippen LogP contribution in [0.15, 0.2) is 0 Å². The van der Waals surface area contributed by atoms with Gasteiger partial charge in [-0.3, -0.25) is 9.59 Å². The minimum atomic E-state index is -3.20. The fourth-order valence-electron chi connectivity index (χ4n) is 1.49. The highest BCUT2D eigenvalue weighted by Crippen LogP contribution is 2.20. The number of ketones is 1. The Balaban J connectivity index is 2.51. The van der Waals surface area contributed by atoms with Crippen LogP contribution >= 0.6 is 0 Å². The van der Waals surface area contributed by atoms with Crippen LogP contribution in [-0.4, -0.2) is 36.8 Å². The van der Waals surface area contributed by atoms with Gasteiger partial charge in [-0.25, -0.2) is 8.42 Å². The van der Waals surface area contributed by atoms with Crippen LogP contribution in [0.2, 0.25) is 0 Å². The highest BCUT2D eigenvalue weighted by molar-refractivity contribution is 7.92. The smallest absolute Gasteiger partial charge is 0.303 e. The second-order valence-corrected chi connectivity index (χ2v) is 5.66. The third kappa shape index (κ3) is 3.10. The van der Waals surface area contributed by atoms with Crippen LogP contribution in [0.25, 0.3) is 0 Å². The van der Waals surface area contributed by atoms with E-state index in [1.165, 1.54) is 0 Å². The lowest BCUT2D eigenvalue weighted by atomic mass is 9.96. The van der Waals surface area contributed by atoms with Crippen LogP contribution < -0.4 is 0 Å². The predicted molar refractivity (Wildman–Crippen MR) is 48.6 cm³/mol. The molecule has 14 heavy (non-hydrogen) atoms. The van der Waals surface area contributed by atoms with Crippen molar-refractivity contribution >= 4 is 21.6 Å². The maximum atomic E-state index is 11.3. The molecule has 80 valence electrons. The summed E-state index contributed by atoms with van der Waals surface area (Å²) in [6.45, 7) is 0. The van der Waals surface area contributed by atoms with Gasteiger partial charge in [0.2, 0.25) is 0 Å². The topological polar surface area (TPSA) is 88.5 Å². The third-order valence-electron chi connectivity index (χ3n) is 2.30. The van der Waals surface area contributed by atoms with Crippen molar-refractivity contribution < 1.29 is 23.1 Å². The second kappa shape index (κ2) is 4.08. The van der Waals surface area contributed by atoms with Crippen LogP contribution in [0, 0.1) is 5.92 Å². The Labute approximate surface area is 82.0 Å². The van der Waals surface area contributed by atoms with Gasteiger partial charge in [0.05, 0.1) is 5.75 Å². The summed E-state index contributed by atoms with van der Waals surface area (Å²) < 4.78 is 22.0. The zero-order valence-electron chi connectivity index (χ0n) is 7.60. The van der Waals surface area contributed by atoms with E-state index in [9.17, 15) is 18.0 Å². The molecule has 5 nitrogen and oxygen atoms in total. The van der Waals surface area contributed by atoms with E-state index in [2.05, 4.69) is 0 Å². The standard InChI is InChI=1S/C8H12O5S/c9-7-5-14(12,13)4-3-6(7)1-2-8(10)11/h6H,1-5H2,(H,10,11). The van der Waals surface area contributed by atoms with Crippen LogP contribution in [-0.2, 0) is 19.4 Å². The van der Waals surface area contributed by atoms with Crippen LogP contribution in [0.4, 0.5) is 0 Å². The highest BCUT2D eigenvalue weighted by atomic mass is 32.2. The molecule has 0 bridgehead atoms. The zero-order chi connectivity index (χ0) is 10.8. The molecule has 0 radical (unpaired) electrons. The molecule has 0 saturated carbocycles. The first kappa shape index (κ1) is 11.2. The van der Waals surface area contributed by atoms with E-state index < -0.39 is 21.6 Å². The molecular weight excluding hydrogens is 208 g/mol. The lowest BCUT2D eigenvalue weighted by Crippen LogP contribution is -2.33. The molecule has 1 atom stereocenters. The average molecular weight is 220 g/mol.